The molecule has 0 aliphatic carbocycles. The molecule has 31 heavy (non-hydrogen) atoms. The van der Waals surface area contributed by atoms with Crippen LogP contribution in [-0.2, 0) is 19.1 Å². The van der Waals surface area contributed by atoms with E-state index in [9.17, 15) is 19.5 Å². The summed E-state index contributed by atoms with van der Waals surface area (Å²) in [5, 5.41) is 13.7. The van der Waals surface area contributed by atoms with Gasteiger partial charge in [-0.25, -0.2) is 4.79 Å². The van der Waals surface area contributed by atoms with Gasteiger partial charge in [-0.3, -0.25) is 4.79 Å². The summed E-state index contributed by atoms with van der Waals surface area (Å²) in [5.74, 6) is -2.42. The summed E-state index contributed by atoms with van der Waals surface area (Å²) in [5.41, 5.74) is 0. The number of rotatable bonds is 21. The Morgan fingerprint density at radius 3 is 1.74 bits per heavy atom. The first-order valence-electron chi connectivity index (χ1n) is 12.2. The monoisotopic (exact) mass is 465 g/mol. The summed E-state index contributed by atoms with van der Waals surface area (Å²) in [7, 11) is 0. The average molecular weight is 466 g/mol. The minimum absolute atomic E-state index is 0. The molecule has 0 saturated heterocycles. The summed E-state index contributed by atoms with van der Waals surface area (Å²) >= 11 is 0. The molecule has 0 fully saturated rings. The second-order valence-electron chi connectivity index (χ2n) is 8.20. The molecule has 1 unspecified atom stereocenters. The topological polar surface area (TPSA) is 95.5 Å². The third-order valence-electron chi connectivity index (χ3n) is 5.29. The van der Waals surface area contributed by atoms with E-state index in [-0.39, 0.29) is 70.6 Å². The molecule has 0 amide bonds. The van der Waals surface area contributed by atoms with Gasteiger partial charge in [-0.15, -0.1) is 0 Å². The predicted octanol–water partition coefficient (Wildman–Crippen LogP) is 1.44. The number of unbranched alkanes of at least 4 members (excludes halogenated alkanes) is 12. The summed E-state index contributed by atoms with van der Waals surface area (Å²) < 4.78 is 4.94. The molecular weight excluding hydrogens is 421 g/mol. The van der Waals surface area contributed by atoms with Crippen molar-refractivity contribution in [1.82, 2.24) is 5.32 Å². The first-order valence-corrected chi connectivity index (χ1v) is 12.2. The molecule has 176 valence electrons. The van der Waals surface area contributed by atoms with Gasteiger partial charge in [-0.05, 0) is 32.2 Å². The maximum Gasteiger partial charge on any atom is 1.00 e. The number of carbonyl (C=O) groups excluding carboxylic acids is 3. The Morgan fingerprint density at radius 1 is 0.742 bits per heavy atom. The number of carbonyl (C=O) groups is 3. The van der Waals surface area contributed by atoms with E-state index in [1.165, 1.54) is 51.4 Å². The van der Waals surface area contributed by atoms with E-state index in [0.29, 0.717) is 6.54 Å². The molecule has 6 nitrogen and oxygen atoms in total. The SMILES string of the molecule is CCCCCCCCCCCCCC(=O)OC(=O)C(CCC(=O)[O-])NCCCCC.[K+]. The molecule has 0 rings (SSSR count). The van der Waals surface area contributed by atoms with E-state index >= 15 is 0 Å². The standard InChI is InChI=1S/C24H45NO5.K/c1-3-5-7-8-9-10-11-12-13-14-15-17-23(28)30-24(29)21(18-19-22(26)27)25-20-16-6-4-2;/h21,25H,3-20H2,1-2H3,(H,26,27);/q;+1/p-1. The summed E-state index contributed by atoms with van der Waals surface area (Å²) in [4.78, 5) is 34.8. The van der Waals surface area contributed by atoms with Crippen LogP contribution in [0.25, 0.3) is 0 Å². The van der Waals surface area contributed by atoms with Gasteiger partial charge in [0.15, 0.2) is 0 Å². The van der Waals surface area contributed by atoms with Gasteiger partial charge >= 0.3 is 63.3 Å². The van der Waals surface area contributed by atoms with Crippen LogP contribution in [0.4, 0.5) is 0 Å². The van der Waals surface area contributed by atoms with Crippen LogP contribution in [0, 0.1) is 0 Å². The molecule has 1 atom stereocenters. The third kappa shape index (κ3) is 23.2. The van der Waals surface area contributed by atoms with Gasteiger partial charge in [0.1, 0.15) is 6.04 Å². The summed E-state index contributed by atoms with van der Waals surface area (Å²) in [6, 6.07) is -0.777. The number of nitrogens with one attached hydrogen (secondary N) is 1. The van der Waals surface area contributed by atoms with Crippen LogP contribution in [0.3, 0.4) is 0 Å². The van der Waals surface area contributed by atoms with Gasteiger partial charge in [0.05, 0.1) is 0 Å². The van der Waals surface area contributed by atoms with Gasteiger partial charge in [-0.1, -0.05) is 90.9 Å². The Bertz CT molecular complexity index is 459. The van der Waals surface area contributed by atoms with Crippen molar-refractivity contribution in [2.24, 2.45) is 0 Å². The molecule has 1 N–H and O–H groups in total. The molecule has 0 radical (unpaired) electrons. The smallest absolute Gasteiger partial charge is 0.550 e. The van der Waals surface area contributed by atoms with E-state index in [0.717, 1.165) is 38.5 Å². The normalized spacial score (nSPS) is 11.5. The molecule has 0 aromatic heterocycles. The minimum atomic E-state index is -1.21. The minimum Gasteiger partial charge on any atom is -0.550 e. The van der Waals surface area contributed by atoms with Crippen molar-refractivity contribution in [1.29, 1.82) is 0 Å². The van der Waals surface area contributed by atoms with Gasteiger partial charge in [-0.2, -0.15) is 0 Å². The van der Waals surface area contributed by atoms with Crippen LogP contribution in [0.1, 0.15) is 123 Å². The fraction of sp³-hybridized carbons (Fsp3) is 0.875. The Hall–Kier alpha value is 0.206. The maximum absolute atomic E-state index is 12.2. The number of carboxylic acids is 1. The van der Waals surface area contributed by atoms with Crippen molar-refractivity contribution in [2.75, 3.05) is 6.54 Å². The first-order chi connectivity index (χ1) is 14.5. The van der Waals surface area contributed by atoms with E-state index in [1.807, 2.05) is 0 Å². The number of carboxylic acid groups (broad SMARTS) is 1. The second-order valence-corrected chi connectivity index (χ2v) is 8.20. The Labute approximate surface area is 232 Å². The molecular formula is C24H44KNO5. The quantitative estimate of drug-likeness (QED) is 0.119. The fourth-order valence-corrected chi connectivity index (χ4v) is 3.38. The molecule has 0 spiro atoms. The number of hydrogen-bond acceptors (Lipinski definition) is 6. The van der Waals surface area contributed by atoms with E-state index in [4.69, 9.17) is 4.74 Å². The van der Waals surface area contributed by atoms with Gasteiger partial charge in [0.2, 0.25) is 0 Å². The van der Waals surface area contributed by atoms with Crippen molar-refractivity contribution in [3.05, 3.63) is 0 Å². The molecule has 0 bridgehead atoms. The maximum atomic E-state index is 12.2. The number of esters is 2. The molecule has 0 aromatic carbocycles. The zero-order valence-electron chi connectivity index (χ0n) is 20.3. The molecule has 0 aliphatic heterocycles. The second kappa shape index (κ2) is 24.8. The average Bonchev–Trinajstić information content (AvgIpc) is 2.71. The molecule has 0 heterocycles. The number of ether oxygens (including phenoxy) is 1. The number of hydrogen-bond donors (Lipinski definition) is 1. The number of aliphatic carboxylic acids is 1. The Morgan fingerprint density at radius 2 is 1.23 bits per heavy atom. The van der Waals surface area contributed by atoms with Crippen molar-refractivity contribution >= 4 is 17.9 Å². The van der Waals surface area contributed by atoms with E-state index < -0.39 is 23.9 Å². The van der Waals surface area contributed by atoms with Crippen LogP contribution < -0.4 is 61.8 Å². The van der Waals surface area contributed by atoms with Crippen LogP contribution >= 0.6 is 0 Å². The third-order valence-corrected chi connectivity index (χ3v) is 5.29. The zero-order chi connectivity index (χ0) is 22.5. The van der Waals surface area contributed by atoms with Crippen LogP contribution in [0.15, 0.2) is 0 Å². The van der Waals surface area contributed by atoms with Gasteiger partial charge in [0, 0.05) is 12.4 Å². The fourth-order valence-electron chi connectivity index (χ4n) is 3.38. The van der Waals surface area contributed by atoms with E-state index in [2.05, 4.69) is 19.2 Å². The van der Waals surface area contributed by atoms with Crippen molar-refractivity contribution in [3.8, 4) is 0 Å². The van der Waals surface area contributed by atoms with Gasteiger partial charge in [0.25, 0.3) is 0 Å². The van der Waals surface area contributed by atoms with E-state index in [1.54, 1.807) is 0 Å². The van der Waals surface area contributed by atoms with Crippen LogP contribution in [0.2, 0.25) is 0 Å². The van der Waals surface area contributed by atoms with Crippen molar-refractivity contribution in [3.63, 3.8) is 0 Å². The summed E-state index contributed by atoms with van der Waals surface area (Å²) in [6.07, 6.45) is 16.1. The van der Waals surface area contributed by atoms with Crippen LogP contribution in [0.5, 0.6) is 0 Å². The molecule has 0 aliphatic rings. The first kappa shape index (κ1) is 33.4. The molecule has 7 heteroatoms. The Kier molecular flexibility index (Phi) is 26.7. The van der Waals surface area contributed by atoms with Gasteiger partial charge < -0.3 is 20.0 Å². The Balaban J connectivity index is 0. The molecule has 0 saturated carbocycles. The van der Waals surface area contributed by atoms with Crippen LogP contribution in [-0.4, -0.2) is 30.5 Å². The van der Waals surface area contributed by atoms with Crippen molar-refractivity contribution in [2.45, 2.75) is 129 Å². The van der Waals surface area contributed by atoms with Crippen molar-refractivity contribution < 1.29 is 75.6 Å². The largest absolute Gasteiger partial charge is 1.00 e. The zero-order valence-corrected chi connectivity index (χ0v) is 23.5. The summed E-state index contributed by atoms with van der Waals surface area (Å²) in [6.45, 7) is 4.90. The molecule has 0 aromatic rings. The predicted molar refractivity (Wildman–Crippen MR) is 118 cm³/mol.